The molecular formula is C20H26NO4P. The van der Waals surface area contributed by atoms with E-state index in [9.17, 15) is 9.46 Å². The Labute approximate surface area is 154 Å². The number of hydrogen-bond donors (Lipinski definition) is 2. The quantitative estimate of drug-likeness (QED) is 0.759. The Morgan fingerprint density at radius 1 is 1.23 bits per heavy atom. The van der Waals surface area contributed by atoms with Crippen LogP contribution in [0.15, 0.2) is 48.5 Å². The predicted octanol–water partition coefficient (Wildman–Crippen LogP) is 2.36. The third-order valence-electron chi connectivity index (χ3n) is 4.67. The van der Waals surface area contributed by atoms with Crippen molar-refractivity contribution in [2.24, 2.45) is 0 Å². The molecule has 3 atom stereocenters. The fourth-order valence-electron chi connectivity index (χ4n) is 3.33. The highest BCUT2D eigenvalue weighted by Gasteiger charge is 2.25. The van der Waals surface area contributed by atoms with Crippen LogP contribution in [0, 0.1) is 0 Å². The first-order valence-electron chi connectivity index (χ1n) is 8.82. The molecule has 2 N–H and O–H groups in total. The van der Waals surface area contributed by atoms with Crippen LogP contribution in [-0.2, 0) is 22.1 Å². The van der Waals surface area contributed by atoms with Crippen LogP contribution < -0.4 is 15.4 Å². The summed E-state index contributed by atoms with van der Waals surface area (Å²) in [4.78, 5) is 10.0. The molecule has 0 radical (unpaired) electrons. The Balaban J connectivity index is 1.63. The van der Waals surface area contributed by atoms with E-state index < -0.39 is 7.37 Å². The number of benzene rings is 2. The summed E-state index contributed by atoms with van der Waals surface area (Å²) in [5.41, 5.74) is 2.10. The van der Waals surface area contributed by atoms with Gasteiger partial charge in [0, 0.05) is 31.0 Å². The van der Waals surface area contributed by atoms with Crippen LogP contribution in [0.4, 0.5) is 0 Å². The van der Waals surface area contributed by atoms with E-state index in [4.69, 9.17) is 9.47 Å². The van der Waals surface area contributed by atoms with Crippen LogP contribution >= 0.6 is 7.37 Å². The summed E-state index contributed by atoms with van der Waals surface area (Å²) in [7, 11) is -1.75. The fourth-order valence-corrected chi connectivity index (χ4v) is 4.37. The lowest BCUT2D eigenvalue weighted by atomic mass is 10.0. The van der Waals surface area contributed by atoms with Crippen LogP contribution in [0.25, 0.3) is 0 Å². The second-order valence-corrected chi connectivity index (χ2v) is 9.07. The first-order valence-corrected chi connectivity index (χ1v) is 10.9. The van der Waals surface area contributed by atoms with Gasteiger partial charge < -0.3 is 19.7 Å². The minimum Gasteiger partial charge on any atom is -0.497 e. The maximum absolute atomic E-state index is 12.2. The van der Waals surface area contributed by atoms with E-state index in [2.05, 4.69) is 17.4 Å². The summed E-state index contributed by atoms with van der Waals surface area (Å²) >= 11 is 0. The summed E-state index contributed by atoms with van der Waals surface area (Å²) in [5, 5.41) is 4.02. The van der Waals surface area contributed by atoms with Crippen molar-refractivity contribution in [3.8, 4) is 5.75 Å². The highest BCUT2D eigenvalue weighted by molar-refractivity contribution is 7.65. The monoisotopic (exact) mass is 375 g/mol. The molecule has 0 spiro atoms. The first kappa shape index (κ1) is 19.1. The van der Waals surface area contributed by atoms with E-state index in [0.29, 0.717) is 30.6 Å². The largest absolute Gasteiger partial charge is 0.497 e. The third-order valence-corrected chi connectivity index (χ3v) is 6.00. The summed E-state index contributed by atoms with van der Waals surface area (Å²) in [6.45, 7) is 2.71. The van der Waals surface area contributed by atoms with Crippen molar-refractivity contribution >= 4 is 12.7 Å². The van der Waals surface area contributed by atoms with Gasteiger partial charge in [0.25, 0.3) is 0 Å². The van der Waals surface area contributed by atoms with E-state index in [1.54, 1.807) is 19.2 Å². The van der Waals surface area contributed by atoms with Gasteiger partial charge in [-0.05, 0) is 35.7 Å². The molecule has 0 bridgehead atoms. The van der Waals surface area contributed by atoms with E-state index in [1.807, 2.05) is 24.3 Å². The second kappa shape index (κ2) is 8.36. The molecule has 1 fully saturated rings. The zero-order valence-electron chi connectivity index (χ0n) is 15.2. The lowest BCUT2D eigenvalue weighted by molar-refractivity contribution is 0.00508. The van der Waals surface area contributed by atoms with Crippen LogP contribution in [0.1, 0.15) is 11.1 Å². The van der Waals surface area contributed by atoms with Crippen molar-refractivity contribution in [2.45, 2.75) is 25.0 Å². The number of morpholine rings is 1. The molecule has 3 rings (SSSR count). The molecule has 140 valence electrons. The molecule has 1 aliphatic heterocycles. The van der Waals surface area contributed by atoms with E-state index in [0.717, 1.165) is 12.0 Å². The zero-order chi connectivity index (χ0) is 18.6. The summed E-state index contributed by atoms with van der Waals surface area (Å²) in [6.07, 6.45) is 1.48. The van der Waals surface area contributed by atoms with Gasteiger partial charge in [0.05, 0.1) is 19.8 Å². The van der Waals surface area contributed by atoms with Gasteiger partial charge in [-0.15, -0.1) is 0 Å². The van der Waals surface area contributed by atoms with Crippen molar-refractivity contribution in [1.29, 1.82) is 0 Å². The van der Waals surface area contributed by atoms with Crippen molar-refractivity contribution < 1.29 is 18.9 Å². The lowest BCUT2D eigenvalue weighted by Crippen LogP contribution is -2.48. The van der Waals surface area contributed by atoms with Gasteiger partial charge in [0.1, 0.15) is 5.75 Å². The summed E-state index contributed by atoms with van der Waals surface area (Å²) < 4.78 is 23.5. The van der Waals surface area contributed by atoms with Crippen LogP contribution in [0.3, 0.4) is 0 Å². The maximum Gasteiger partial charge on any atom is 0.226 e. The minimum atomic E-state index is -3.34. The van der Waals surface area contributed by atoms with E-state index in [1.165, 1.54) is 12.2 Å². The molecule has 2 aromatic rings. The van der Waals surface area contributed by atoms with Gasteiger partial charge in [-0.3, -0.25) is 4.57 Å². The van der Waals surface area contributed by atoms with Crippen molar-refractivity contribution in [2.75, 3.05) is 26.9 Å². The Kier molecular flexibility index (Phi) is 6.15. The van der Waals surface area contributed by atoms with Crippen LogP contribution in [0.5, 0.6) is 5.75 Å². The van der Waals surface area contributed by atoms with Crippen LogP contribution in [0.2, 0.25) is 0 Å². The number of methoxy groups -OCH3 is 1. The van der Waals surface area contributed by atoms with E-state index in [-0.39, 0.29) is 12.1 Å². The van der Waals surface area contributed by atoms with Gasteiger partial charge in [-0.25, -0.2) is 0 Å². The second-order valence-electron chi connectivity index (χ2n) is 6.83. The number of hydrogen-bond acceptors (Lipinski definition) is 4. The average Bonchev–Trinajstić information content (AvgIpc) is 2.63. The Morgan fingerprint density at radius 2 is 2.00 bits per heavy atom. The summed E-state index contributed by atoms with van der Waals surface area (Å²) in [6, 6.07) is 15.9. The molecule has 1 unspecified atom stereocenters. The molecule has 26 heavy (non-hydrogen) atoms. The van der Waals surface area contributed by atoms with Crippen molar-refractivity contribution in [3.05, 3.63) is 59.7 Å². The number of ether oxygens (including phenoxy) is 2. The molecule has 1 saturated heterocycles. The molecule has 1 heterocycles. The molecule has 0 amide bonds. The van der Waals surface area contributed by atoms with Gasteiger partial charge >= 0.3 is 0 Å². The molecule has 0 aromatic heterocycles. The van der Waals surface area contributed by atoms with Gasteiger partial charge in [0.15, 0.2) is 0 Å². The molecule has 0 saturated carbocycles. The standard InChI is InChI=1S/C20H26NO4P/c1-24-18-8-9-20(26(2,22)23)16(11-18)12-19-13-21-17(14-25-19)10-15-6-4-3-5-7-15/h3-9,11,17,19,21H,10,12-14H2,1-2H3,(H,22,23)/t17-,19-/m1/s1. The Morgan fingerprint density at radius 3 is 2.62 bits per heavy atom. The number of nitrogens with one attached hydrogen (secondary N) is 1. The Hall–Kier alpha value is -1.65. The average molecular weight is 375 g/mol. The highest BCUT2D eigenvalue weighted by atomic mass is 31.2. The van der Waals surface area contributed by atoms with Crippen molar-refractivity contribution in [1.82, 2.24) is 5.32 Å². The predicted molar refractivity (Wildman–Crippen MR) is 104 cm³/mol. The SMILES string of the molecule is COc1ccc(P(C)(=O)O)c(C[C@@H]2CN[C@H](Cc3ccccc3)CO2)c1. The number of rotatable bonds is 6. The minimum absolute atomic E-state index is 0.0283. The zero-order valence-corrected chi connectivity index (χ0v) is 16.1. The molecule has 2 aromatic carbocycles. The molecular weight excluding hydrogens is 349 g/mol. The van der Waals surface area contributed by atoms with E-state index >= 15 is 0 Å². The Bertz CT molecular complexity index is 767. The normalized spacial score (nSPS) is 22.6. The molecule has 1 aliphatic rings. The smallest absolute Gasteiger partial charge is 0.226 e. The highest BCUT2D eigenvalue weighted by Crippen LogP contribution is 2.36. The summed E-state index contributed by atoms with van der Waals surface area (Å²) in [5.74, 6) is 0.683. The van der Waals surface area contributed by atoms with Gasteiger partial charge in [-0.2, -0.15) is 0 Å². The van der Waals surface area contributed by atoms with Gasteiger partial charge in [0.2, 0.25) is 7.37 Å². The fraction of sp³-hybridized carbons (Fsp3) is 0.400. The topological polar surface area (TPSA) is 67.8 Å². The maximum atomic E-state index is 12.2. The lowest BCUT2D eigenvalue weighted by Gasteiger charge is -2.31. The third kappa shape index (κ3) is 4.95. The molecule has 6 heteroatoms. The van der Waals surface area contributed by atoms with Crippen LogP contribution in [-0.4, -0.2) is 44.0 Å². The first-order chi connectivity index (χ1) is 12.5. The van der Waals surface area contributed by atoms with Gasteiger partial charge in [-0.1, -0.05) is 30.3 Å². The van der Waals surface area contributed by atoms with Crippen molar-refractivity contribution in [3.63, 3.8) is 0 Å². The molecule has 5 nitrogen and oxygen atoms in total. The molecule has 0 aliphatic carbocycles.